The summed E-state index contributed by atoms with van der Waals surface area (Å²) in [7, 11) is 0. The van der Waals surface area contributed by atoms with Crippen LogP contribution in [0.5, 0.6) is 0 Å². The number of alkyl halides is 5. The number of rotatable bonds is 1. The maximum atomic E-state index is 12.1. The third-order valence-corrected chi connectivity index (χ3v) is 1.47. The molecule has 0 N–H and O–H groups in total. The molecule has 0 aliphatic rings. The molecule has 0 aliphatic carbocycles. The van der Waals surface area contributed by atoms with Gasteiger partial charge < -0.3 is 0 Å². The first-order valence-corrected chi connectivity index (χ1v) is 3.42. The van der Waals surface area contributed by atoms with Gasteiger partial charge in [0, 0.05) is 0 Å². The average molecular weight is 200 g/mol. The minimum Gasteiger partial charge on any atom is -0.241 e. The standard InChI is InChI=1S/C3H3Cl4F/c4-1-2(8)3(5,6)7/h2H,1H2. The molecule has 0 nitrogen and oxygen atoms in total. The van der Waals surface area contributed by atoms with Crippen molar-refractivity contribution in [3.63, 3.8) is 0 Å². The Morgan fingerprint density at radius 2 is 1.75 bits per heavy atom. The predicted octanol–water partition coefficient (Wildman–Crippen LogP) is 2.93. The highest BCUT2D eigenvalue weighted by Gasteiger charge is 2.31. The van der Waals surface area contributed by atoms with Crippen LogP contribution in [0.3, 0.4) is 0 Å². The van der Waals surface area contributed by atoms with Crippen LogP contribution in [0.25, 0.3) is 0 Å². The summed E-state index contributed by atoms with van der Waals surface area (Å²) in [6.45, 7) is 0. The van der Waals surface area contributed by atoms with Crippen molar-refractivity contribution in [2.24, 2.45) is 0 Å². The van der Waals surface area contributed by atoms with E-state index < -0.39 is 9.96 Å². The van der Waals surface area contributed by atoms with Gasteiger partial charge >= 0.3 is 0 Å². The Bertz CT molecular complexity index is 68.2. The fraction of sp³-hybridized carbons (Fsp3) is 1.00. The van der Waals surface area contributed by atoms with E-state index in [0.29, 0.717) is 0 Å². The highest BCUT2D eigenvalue weighted by Crippen LogP contribution is 2.32. The molecule has 0 fully saturated rings. The van der Waals surface area contributed by atoms with E-state index in [1.165, 1.54) is 0 Å². The molecule has 1 unspecified atom stereocenters. The molecule has 0 rings (SSSR count). The molecule has 0 aromatic heterocycles. The summed E-state index contributed by atoms with van der Waals surface area (Å²) in [6, 6.07) is 0. The summed E-state index contributed by atoms with van der Waals surface area (Å²) in [6.07, 6.45) is -1.59. The van der Waals surface area contributed by atoms with Crippen molar-refractivity contribution in [2.45, 2.75) is 9.96 Å². The maximum Gasteiger partial charge on any atom is 0.222 e. The van der Waals surface area contributed by atoms with E-state index in [2.05, 4.69) is 0 Å². The first-order valence-electron chi connectivity index (χ1n) is 1.75. The van der Waals surface area contributed by atoms with E-state index in [1.54, 1.807) is 0 Å². The van der Waals surface area contributed by atoms with E-state index in [4.69, 9.17) is 46.4 Å². The lowest BCUT2D eigenvalue weighted by Gasteiger charge is -2.12. The van der Waals surface area contributed by atoms with Crippen LogP contribution in [0, 0.1) is 0 Å². The van der Waals surface area contributed by atoms with Gasteiger partial charge in [-0.1, -0.05) is 34.8 Å². The van der Waals surface area contributed by atoms with Crippen molar-refractivity contribution in [3.05, 3.63) is 0 Å². The van der Waals surface area contributed by atoms with E-state index in [0.717, 1.165) is 0 Å². The summed E-state index contributed by atoms with van der Waals surface area (Å²) < 4.78 is 10.2. The van der Waals surface area contributed by atoms with Crippen LogP contribution in [0.4, 0.5) is 4.39 Å². The second-order valence-electron chi connectivity index (χ2n) is 1.16. The number of hydrogen-bond acceptors (Lipinski definition) is 0. The van der Waals surface area contributed by atoms with Gasteiger partial charge in [-0.15, -0.1) is 11.6 Å². The summed E-state index contributed by atoms with van der Waals surface area (Å²) in [5.74, 6) is -0.295. The third kappa shape index (κ3) is 3.18. The van der Waals surface area contributed by atoms with Crippen molar-refractivity contribution >= 4 is 46.4 Å². The molecule has 1 atom stereocenters. The molecule has 0 aromatic rings. The molecule has 0 heterocycles. The molecule has 0 saturated carbocycles. The minimum atomic E-state index is -1.87. The fourth-order valence-corrected chi connectivity index (χ4v) is 0.787. The molecule has 0 saturated heterocycles. The Hall–Kier alpha value is 1.09. The van der Waals surface area contributed by atoms with Crippen molar-refractivity contribution < 1.29 is 4.39 Å². The quantitative estimate of drug-likeness (QED) is 0.570. The van der Waals surface area contributed by atoms with Gasteiger partial charge in [0.2, 0.25) is 3.79 Å². The molecule has 0 bridgehead atoms. The van der Waals surface area contributed by atoms with Crippen molar-refractivity contribution in [1.29, 1.82) is 0 Å². The molecule has 0 radical (unpaired) electrons. The minimum absolute atomic E-state index is 0.295. The zero-order valence-electron chi connectivity index (χ0n) is 3.67. The lowest BCUT2D eigenvalue weighted by atomic mass is 10.5. The first-order chi connectivity index (χ1) is 3.48. The predicted molar refractivity (Wildman–Crippen MR) is 35.9 cm³/mol. The van der Waals surface area contributed by atoms with E-state index >= 15 is 0 Å². The number of halogens is 5. The third-order valence-electron chi connectivity index (χ3n) is 0.491. The van der Waals surface area contributed by atoms with E-state index in [9.17, 15) is 4.39 Å². The Morgan fingerprint density at radius 1 is 1.38 bits per heavy atom. The van der Waals surface area contributed by atoms with E-state index in [-0.39, 0.29) is 5.88 Å². The van der Waals surface area contributed by atoms with Gasteiger partial charge in [-0.05, 0) is 0 Å². The van der Waals surface area contributed by atoms with Gasteiger partial charge in [-0.3, -0.25) is 0 Å². The fourth-order valence-electron chi connectivity index (χ4n) is 0.0875. The second-order valence-corrected chi connectivity index (χ2v) is 3.84. The van der Waals surface area contributed by atoms with Gasteiger partial charge in [-0.25, -0.2) is 4.39 Å². The first kappa shape index (κ1) is 9.09. The largest absolute Gasteiger partial charge is 0.241 e. The molecular formula is C3H3Cl4F. The van der Waals surface area contributed by atoms with Gasteiger partial charge in [-0.2, -0.15) is 0 Å². The van der Waals surface area contributed by atoms with E-state index in [1.807, 2.05) is 0 Å². The lowest BCUT2D eigenvalue weighted by molar-refractivity contribution is 0.371. The molecule has 0 amide bonds. The van der Waals surface area contributed by atoms with Crippen LogP contribution in [0.2, 0.25) is 0 Å². The van der Waals surface area contributed by atoms with Crippen LogP contribution < -0.4 is 0 Å². The maximum absolute atomic E-state index is 12.1. The molecular weight excluding hydrogens is 197 g/mol. The molecule has 0 aromatic carbocycles. The lowest BCUT2D eigenvalue weighted by Crippen LogP contribution is -2.21. The normalized spacial score (nSPS) is 16.1. The highest BCUT2D eigenvalue weighted by molar-refractivity contribution is 6.68. The van der Waals surface area contributed by atoms with Crippen LogP contribution in [-0.4, -0.2) is 15.8 Å². The Labute approximate surface area is 66.8 Å². The molecule has 50 valence electrons. The summed E-state index contributed by atoms with van der Waals surface area (Å²) >= 11 is 20.2. The number of hydrogen-bond donors (Lipinski definition) is 0. The van der Waals surface area contributed by atoms with Crippen LogP contribution in [-0.2, 0) is 0 Å². The van der Waals surface area contributed by atoms with Gasteiger partial charge in [0.1, 0.15) is 0 Å². The highest BCUT2D eigenvalue weighted by atomic mass is 35.6. The second kappa shape index (κ2) is 3.31. The average Bonchev–Trinajstić information content (AvgIpc) is 1.62. The van der Waals surface area contributed by atoms with Crippen molar-refractivity contribution in [1.82, 2.24) is 0 Å². The van der Waals surface area contributed by atoms with Crippen molar-refractivity contribution in [3.8, 4) is 0 Å². The monoisotopic (exact) mass is 198 g/mol. The van der Waals surface area contributed by atoms with Crippen LogP contribution in [0.1, 0.15) is 0 Å². The molecule has 5 heteroatoms. The Kier molecular flexibility index (Phi) is 3.76. The smallest absolute Gasteiger partial charge is 0.222 e. The van der Waals surface area contributed by atoms with Crippen LogP contribution >= 0.6 is 46.4 Å². The summed E-state index contributed by atoms with van der Waals surface area (Å²) in [5, 5.41) is 0. The molecule has 0 aliphatic heterocycles. The summed E-state index contributed by atoms with van der Waals surface area (Å²) in [5.41, 5.74) is 0. The Balaban J connectivity index is 3.62. The van der Waals surface area contributed by atoms with Gasteiger partial charge in [0.15, 0.2) is 6.17 Å². The topological polar surface area (TPSA) is 0 Å². The SMILES string of the molecule is FC(CCl)C(Cl)(Cl)Cl. The van der Waals surface area contributed by atoms with Gasteiger partial charge in [0.05, 0.1) is 5.88 Å². The van der Waals surface area contributed by atoms with Gasteiger partial charge in [0.25, 0.3) is 0 Å². The molecule has 8 heavy (non-hydrogen) atoms. The zero-order valence-corrected chi connectivity index (χ0v) is 6.70. The zero-order chi connectivity index (χ0) is 6.78. The Morgan fingerprint density at radius 3 is 1.75 bits per heavy atom. The molecule has 0 spiro atoms. The van der Waals surface area contributed by atoms with Crippen molar-refractivity contribution in [2.75, 3.05) is 5.88 Å². The van der Waals surface area contributed by atoms with Crippen LogP contribution in [0.15, 0.2) is 0 Å². The summed E-state index contributed by atoms with van der Waals surface area (Å²) in [4.78, 5) is 0.